The molecule has 15 heteroatoms. The summed E-state index contributed by atoms with van der Waals surface area (Å²) in [7, 11) is 7.81. The van der Waals surface area contributed by atoms with Crippen LogP contribution in [0, 0.1) is 0 Å². The Morgan fingerprint density at radius 3 is 2.16 bits per heavy atom. The van der Waals surface area contributed by atoms with Crippen molar-refractivity contribution in [3.8, 4) is 74.0 Å². The molecular weight excluding hydrogens is 656 g/mol. The second-order valence-electron chi connectivity index (χ2n) is 11.2. The molecule has 0 radical (unpaired) electrons. The van der Waals surface area contributed by atoms with Gasteiger partial charge in [0.2, 0.25) is 17.4 Å². The second kappa shape index (κ2) is 13.9. The number of nitrogens with one attached hydrogen (secondary N) is 2. The Kier molecular flexibility index (Phi) is 8.90. The molecule has 1 amide bonds. The first kappa shape index (κ1) is 32.6. The Morgan fingerprint density at radius 1 is 0.784 bits per heavy atom. The van der Waals surface area contributed by atoms with E-state index in [9.17, 15) is 4.79 Å². The Balaban J connectivity index is 1.02. The molecule has 0 aliphatic rings. The number of H-pyrrole nitrogens is 1. The molecule has 51 heavy (non-hydrogen) atoms. The van der Waals surface area contributed by atoms with E-state index in [0.29, 0.717) is 74.1 Å². The van der Waals surface area contributed by atoms with E-state index in [2.05, 4.69) is 35.7 Å². The van der Waals surface area contributed by atoms with E-state index >= 15 is 0 Å². The Hall–Kier alpha value is -6.90. The first-order chi connectivity index (χ1) is 24.9. The van der Waals surface area contributed by atoms with Crippen LogP contribution in [0.4, 0.5) is 5.69 Å². The fraction of sp³-hybridized carbons (Fsp3) is 0.167. The second-order valence-corrected chi connectivity index (χ2v) is 11.2. The minimum Gasteiger partial charge on any atom is -0.497 e. The summed E-state index contributed by atoms with van der Waals surface area (Å²) < 4.78 is 34.1. The van der Waals surface area contributed by atoms with Crippen molar-refractivity contribution in [1.29, 1.82) is 0 Å². The highest BCUT2D eigenvalue weighted by molar-refractivity contribution is 5.91. The molecule has 4 aromatic heterocycles. The first-order valence-electron chi connectivity index (χ1n) is 15.5. The molecule has 0 bridgehead atoms. The number of imidazole rings is 1. The van der Waals surface area contributed by atoms with Crippen LogP contribution in [-0.2, 0) is 11.3 Å². The molecule has 0 spiro atoms. The van der Waals surface area contributed by atoms with E-state index in [1.165, 1.54) is 4.68 Å². The maximum atomic E-state index is 12.8. The zero-order valence-electron chi connectivity index (χ0n) is 28.3. The third-order valence-corrected chi connectivity index (χ3v) is 8.03. The highest BCUT2D eigenvalue weighted by atomic mass is 16.5. The first-order valence-corrected chi connectivity index (χ1v) is 15.5. The molecule has 0 saturated carbocycles. The predicted octanol–water partition coefficient (Wildman–Crippen LogP) is 5.89. The summed E-state index contributed by atoms with van der Waals surface area (Å²) in [5, 5.41) is 15.4. The predicted molar refractivity (Wildman–Crippen MR) is 187 cm³/mol. The molecule has 258 valence electrons. The number of carbonyl (C=O) groups is 1. The van der Waals surface area contributed by atoms with Crippen molar-refractivity contribution in [2.45, 2.75) is 6.54 Å². The largest absolute Gasteiger partial charge is 0.497 e. The SMILES string of the molecule is COc1cc(OC)cc(-c2cn(CC(=O)Nc3ccc(-c4cnc5nc(-c6cc(-c7cc(OC)c(OC)c(OC)c7)no6)[nH]c5c4)cc3)nn2)c1. The van der Waals surface area contributed by atoms with E-state index in [4.69, 9.17) is 28.2 Å². The van der Waals surface area contributed by atoms with Crippen LogP contribution < -0.4 is 29.0 Å². The molecule has 0 fully saturated rings. The number of aromatic amines is 1. The van der Waals surface area contributed by atoms with Crippen molar-refractivity contribution >= 4 is 22.8 Å². The topological polar surface area (TPSA) is 174 Å². The number of ether oxygens (including phenoxy) is 5. The lowest BCUT2D eigenvalue weighted by Crippen LogP contribution is -2.19. The minimum absolute atomic E-state index is 0.0201. The van der Waals surface area contributed by atoms with Crippen molar-refractivity contribution in [2.75, 3.05) is 40.9 Å². The van der Waals surface area contributed by atoms with Crippen LogP contribution in [0.3, 0.4) is 0 Å². The van der Waals surface area contributed by atoms with Crippen molar-refractivity contribution < 1.29 is 33.0 Å². The summed E-state index contributed by atoms with van der Waals surface area (Å²) in [5.41, 5.74) is 6.24. The standard InChI is InChI=1S/C36H32N8O7/c1-46-25-10-21(11-26(15-25)47-2)29-18-44(43-41-29)19-33(45)38-24-8-6-20(7-9-24)23-12-28-35(37-17-23)40-36(39-28)32-16-27(42-51-32)22-13-30(48-3)34(50-5)31(14-22)49-4/h6-18H,19H2,1-5H3,(H,38,45)(H,37,39,40). The summed E-state index contributed by atoms with van der Waals surface area (Å²) in [4.78, 5) is 25.2. The summed E-state index contributed by atoms with van der Waals surface area (Å²) in [6, 6.07) is 20.2. The Morgan fingerprint density at radius 2 is 1.49 bits per heavy atom. The van der Waals surface area contributed by atoms with Crippen LogP contribution in [-0.4, -0.2) is 76.6 Å². The van der Waals surface area contributed by atoms with Crippen molar-refractivity contribution in [2.24, 2.45) is 0 Å². The van der Waals surface area contributed by atoms with E-state index in [1.807, 2.05) is 42.5 Å². The number of rotatable bonds is 12. The maximum Gasteiger partial charge on any atom is 0.246 e. The molecule has 0 saturated heterocycles. The molecule has 0 aliphatic carbocycles. The number of pyridine rings is 1. The highest BCUT2D eigenvalue weighted by Crippen LogP contribution is 2.41. The molecule has 2 N–H and O–H groups in total. The van der Waals surface area contributed by atoms with Gasteiger partial charge in [-0.1, -0.05) is 22.5 Å². The number of carbonyl (C=O) groups excluding carboxylic acids is 1. The summed E-state index contributed by atoms with van der Waals surface area (Å²) in [5.74, 6) is 3.39. The normalized spacial score (nSPS) is 11.0. The van der Waals surface area contributed by atoms with Gasteiger partial charge < -0.3 is 38.5 Å². The number of anilines is 1. The van der Waals surface area contributed by atoms with Gasteiger partial charge in [0.15, 0.2) is 23.0 Å². The molecule has 0 aliphatic heterocycles. The number of amides is 1. The summed E-state index contributed by atoms with van der Waals surface area (Å²) in [6.45, 7) is -0.0201. The zero-order valence-corrected chi connectivity index (χ0v) is 28.3. The van der Waals surface area contributed by atoms with Gasteiger partial charge >= 0.3 is 0 Å². The van der Waals surface area contributed by atoms with Crippen LogP contribution in [0.15, 0.2) is 83.6 Å². The van der Waals surface area contributed by atoms with E-state index in [1.54, 1.807) is 72.2 Å². The van der Waals surface area contributed by atoms with Gasteiger partial charge in [0.05, 0.1) is 47.3 Å². The fourth-order valence-electron chi connectivity index (χ4n) is 5.48. The lowest BCUT2D eigenvalue weighted by molar-refractivity contribution is -0.116. The Bertz CT molecular complexity index is 2300. The third kappa shape index (κ3) is 6.72. The van der Waals surface area contributed by atoms with E-state index in [-0.39, 0.29) is 12.5 Å². The van der Waals surface area contributed by atoms with Crippen LogP contribution in [0.25, 0.3) is 56.4 Å². The smallest absolute Gasteiger partial charge is 0.246 e. The van der Waals surface area contributed by atoms with Crippen LogP contribution >= 0.6 is 0 Å². The van der Waals surface area contributed by atoms with Gasteiger partial charge in [0.25, 0.3) is 0 Å². The number of fused-ring (bicyclic) bond motifs is 1. The van der Waals surface area contributed by atoms with Crippen molar-refractivity contribution in [3.63, 3.8) is 0 Å². The van der Waals surface area contributed by atoms with E-state index in [0.717, 1.165) is 16.7 Å². The molecular formula is C36H32N8O7. The molecule has 3 aromatic carbocycles. The number of hydrogen-bond acceptors (Lipinski definition) is 12. The van der Waals surface area contributed by atoms with Crippen molar-refractivity contribution in [3.05, 3.63) is 79.1 Å². The van der Waals surface area contributed by atoms with Gasteiger partial charge in [-0.05, 0) is 48.0 Å². The molecule has 0 atom stereocenters. The maximum absolute atomic E-state index is 12.8. The van der Waals surface area contributed by atoms with Crippen LogP contribution in [0.2, 0.25) is 0 Å². The van der Waals surface area contributed by atoms with Crippen LogP contribution in [0.5, 0.6) is 28.7 Å². The average Bonchev–Trinajstić information content (AvgIpc) is 3.94. The number of methoxy groups -OCH3 is 5. The lowest BCUT2D eigenvalue weighted by Gasteiger charge is -2.13. The molecule has 7 rings (SSSR count). The molecule has 7 aromatic rings. The number of hydrogen-bond donors (Lipinski definition) is 2. The van der Waals surface area contributed by atoms with Crippen molar-refractivity contribution in [1.82, 2.24) is 35.1 Å². The van der Waals surface area contributed by atoms with Gasteiger partial charge in [-0.3, -0.25) is 4.79 Å². The monoisotopic (exact) mass is 688 g/mol. The summed E-state index contributed by atoms with van der Waals surface area (Å²) >= 11 is 0. The zero-order chi connectivity index (χ0) is 35.5. The average molecular weight is 689 g/mol. The van der Waals surface area contributed by atoms with Gasteiger partial charge in [0, 0.05) is 40.7 Å². The number of nitrogens with zero attached hydrogens (tertiary/aromatic N) is 6. The quantitative estimate of drug-likeness (QED) is 0.156. The third-order valence-electron chi connectivity index (χ3n) is 8.03. The Labute approximate surface area is 291 Å². The molecule has 4 heterocycles. The van der Waals surface area contributed by atoms with Crippen LogP contribution in [0.1, 0.15) is 0 Å². The molecule has 0 unspecified atom stereocenters. The van der Waals surface area contributed by atoms with E-state index < -0.39 is 0 Å². The van der Waals surface area contributed by atoms with Gasteiger partial charge in [-0.25, -0.2) is 14.6 Å². The number of benzene rings is 3. The van der Waals surface area contributed by atoms with Gasteiger partial charge in [-0.2, -0.15) is 0 Å². The minimum atomic E-state index is -0.253. The summed E-state index contributed by atoms with van der Waals surface area (Å²) in [6.07, 6.45) is 3.43. The lowest BCUT2D eigenvalue weighted by atomic mass is 10.1. The highest BCUT2D eigenvalue weighted by Gasteiger charge is 2.19. The van der Waals surface area contributed by atoms with Gasteiger partial charge in [-0.15, -0.1) is 5.10 Å². The number of aromatic nitrogens is 7. The van der Waals surface area contributed by atoms with Gasteiger partial charge in [0.1, 0.15) is 29.4 Å². The molecule has 15 nitrogen and oxygen atoms in total. The fourth-order valence-corrected chi connectivity index (χ4v) is 5.48.